The van der Waals surface area contributed by atoms with Crippen molar-refractivity contribution < 1.29 is 14.0 Å². The van der Waals surface area contributed by atoms with E-state index in [-0.39, 0.29) is 11.8 Å². The molecule has 0 bridgehead atoms. The molecule has 1 aliphatic heterocycles. The maximum absolute atomic E-state index is 12.4. The molecular weight excluding hydrogens is 344 g/mol. The van der Waals surface area contributed by atoms with Crippen LogP contribution in [-0.2, 0) is 24.4 Å². The van der Waals surface area contributed by atoms with Gasteiger partial charge < -0.3 is 9.73 Å². The van der Waals surface area contributed by atoms with Crippen molar-refractivity contribution >= 4 is 17.6 Å². The number of nitrogens with zero attached hydrogens (tertiary/aromatic N) is 3. The fraction of sp³-hybridized carbons (Fsp3) is 0.250. The zero-order valence-corrected chi connectivity index (χ0v) is 15.0. The van der Waals surface area contributed by atoms with Crippen molar-refractivity contribution in [1.29, 1.82) is 0 Å². The first-order valence-corrected chi connectivity index (χ1v) is 8.84. The van der Waals surface area contributed by atoms with E-state index in [1.807, 2.05) is 35.9 Å². The van der Waals surface area contributed by atoms with Gasteiger partial charge in [0.1, 0.15) is 11.6 Å². The Labute approximate surface area is 156 Å². The zero-order chi connectivity index (χ0) is 18.8. The summed E-state index contributed by atoms with van der Waals surface area (Å²) in [6.45, 7) is 3.34. The van der Waals surface area contributed by atoms with E-state index in [4.69, 9.17) is 4.42 Å². The molecule has 1 N–H and O–H groups in total. The van der Waals surface area contributed by atoms with Gasteiger partial charge in [-0.25, -0.2) is 4.68 Å². The highest BCUT2D eigenvalue weighted by molar-refractivity contribution is 5.95. The number of hydrogen-bond donors (Lipinski definition) is 1. The molecule has 0 saturated carbocycles. The van der Waals surface area contributed by atoms with Crippen molar-refractivity contribution in [2.45, 2.75) is 33.0 Å². The SMILES string of the molecule is Cc1cc2n(n1)CCC(=O)N2Cc1ccc(C(=O)NCc2ccco2)cc1. The van der Waals surface area contributed by atoms with Crippen molar-refractivity contribution in [2.24, 2.45) is 0 Å². The largest absolute Gasteiger partial charge is 0.467 e. The number of aromatic nitrogens is 2. The van der Waals surface area contributed by atoms with Crippen molar-refractivity contribution in [1.82, 2.24) is 15.1 Å². The molecule has 7 nitrogen and oxygen atoms in total. The van der Waals surface area contributed by atoms with Gasteiger partial charge in [-0.05, 0) is 36.8 Å². The van der Waals surface area contributed by atoms with Crippen LogP contribution in [0.15, 0.2) is 53.1 Å². The Hall–Kier alpha value is -3.35. The maximum Gasteiger partial charge on any atom is 0.251 e. The third-order valence-corrected chi connectivity index (χ3v) is 4.56. The summed E-state index contributed by atoms with van der Waals surface area (Å²) >= 11 is 0. The van der Waals surface area contributed by atoms with Crippen LogP contribution in [0.2, 0.25) is 0 Å². The molecule has 7 heteroatoms. The van der Waals surface area contributed by atoms with Crippen LogP contribution < -0.4 is 10.2 Å². The monoisotopic (exact) mass is 364 g/mol. The lowest BCUT2D eigenvalue weighted by Gasteiger charge is -2.27. The van der Waals surface area contributed by atoms with E-state index >= 15 is 0 Å². The van der Waals surface area contributed by atoms with Crippen molar-refractivity contribution in [3.63, 3.8) is 0 Å². The zero-order valence-electron chi connectivity index (χ0n) is 15.0. The number of carbonyl (C=O) groups excluding carboxylic acids is 2. The maximum atomic E-state index is 12.4. The van der Waals surface area contributed by atoms with Crippen molar-refractivity contribution in [3.8, 4) is 0 Å². The van der Waals surface area contributed by atoms with Crippen LogP contribution in [0.1, 0.15) is 33.8 Å². The topological polar surface area (TPSA) is 80.4 Å². The minimum absolute atomic E-state index is 0.0858. The second kappa shape index (κ2) is 7.11. The number of aryl methyl sites for hydroxylation is 2. The molecule has 0 saturated heterocycles. The Kier molecular flexibility index (Phi) is 4.50. The normalized spacial score (nSPS) is 13.5. The second-order valence-corrected chi connectivity index (χ2v) is 6.56. The first-order chi connectivity index (χ1) is 13.1. The smallest absolute Gasteiger partial charge is 0.251 e. The molecule has 0 radical (unpaired) electrons. The van der Waals surface area contributed by atoms with Gasteiger partial charge in [0.15, 0.2) is 0 Å². The highest BCUT2D eigenvalue weighted by atomic mass is 16.3. The van der Waals surface area contributed by atoms with Crippen LogP contribution >= 0.6 is 0 Å². The summed E-state index contributed by atoms with van der Waals surface area (Å²) in [6, 6.07) is 12.8. The van der Waals surface area contributed by atoms with E-state index in [9.17, 15) is 9.59 Å². The van der Waals surface area contributed by atoms with E-state index < -0.39 is 0 Å². The van der Waals surface area contributed by atoms with Crippen LogP contribution in [0.4, 0.5) is 5.82 Å². The summed E-state index contributed by atoms with van der Waals surface area (Å²) in [5.74, 6) is 1.45. The molecule has 0 unspecified atom stereocenters. The first kappa shape index (κ1) is 17.1. The Bertz CT molecular complexity index is 958. The fourth-order valence-corrected chi connectivity index (χ4v) is 3.17. The van der Waals surface area contributed by atoms with Gasteiger partial charge in [-0.15, -0.1) is 0 Å². The summed E-state index contributed by atoms with van der Waals surface area (Å²) in [5, 5.41) is 7.23. The highest BCUT2D eigenvalue weighted by Crippen LogP contribution is 2.24. The molecule has 2 aromatic heterocycles. The summed E-state index contributed by atoms with van der Waals surface area (Å²) in [5.41, 5.74) is 2.42. The van der Waals surface area contributed by atoms with E-state index in [0.29, 0.717) is 37.4 Å². The summed E-state index contributed by atoms with van der Waals surface area (Å²) in [7, 11) is 0. The van der Waals surface area contributed by atoms with Gasteiger partial charge in [-0.2, -0.15) is 5.10 Å². The Morgan fingerprint density at radius 1 is 1.26 bits per heavy atom. The fourth-order valence-electron chi connectivity index (χ4n) is 3.17. The van der Waals surface area contributed by atoms with Gasteiger partial charge >= 0.3 is 0 Å². The van der Waals surface area contributed by atoms with Crippen LogP contribution in [0, 0.1) is 6.92 Å². The molecule has 27 heavy (non-hydrogen) atoms. The van der Waals surface area contributed by atoms with Crippen LogP contribution in [-0.4, -0.2) is 21.6 Å². The van der Waals surface area contributed by atoms with Gasteiger partial charge in [0.25, 0.3) is 5.91 Å². The van der Waals surface area contributed by atoms with Gasteiger partial charge in [-0.3, -0.25) is 14.5 Å². The Morgan fingerprint density at radius 2 is 2.07 bits per heavy atom. The molecule has 4 rings (SSSR count). The molecule has 1 aromatic carbocycles. The molecule has 0 spiro atoms. The quantitative estimate of drug-likeness (QED) is 0.755. The number of carbonyl (C=O) groups is 2. The molecular formula is C20H20N4O3. The minimum Gasteiger partial charge on any atom is -0.467 e. The van der Waals surface area contributed by atoms with Crippen molar-refractivity contribution in [3.05, 3.63) is 71.3 Å². The van der Waals surface area contributed by atoms with E-state index in [1.165, 1.54) is 0 Å². The minimum atomic E-state index is -0.166. The summed E-state index contributed by atoms with van der Waals surface area (Å²) in [4.78, 5) is 26.3. The van der Waals surface area contributed by atoms with E-state index in [2.05, 4.69) is 10.4 Å². The molecule has 0 fully saturated rings. The molecule has 0 aliphatic carbocycles. The van der Waals surface area contributed by atoms with Gasteiger partial charge in [-0.1, -0.05) is 12.1 Å². The standard InChI is InChI=1S/C20H20N4O3/c1-14-11-18-23(19(25)8-9-24(18)22-14)13-15-4-6-16(7-5-15)20(26)21-12-17-3-2-10-27-17/h2-7,10-11H,8-9,12-13H2,1H3,(H,21,26). The third kappa shape index (κ3) is 3.62. The molecule has 2 amide bonds. The Morgan fingerprint density at radius 3 is 2.81 bits per heavy atom. The molecule has 3 aromatic rings. The lowest BCUT2D eigenvalue weighted by molar-refractivity contribution is -0.119. The lowest BCUT2D eigenvalue weighted by atomic mass is 10.1. The van der Waals surface area contributed by atoms with E-state index in [1.54, 1.807) is 29.4 Å². The van der Waals surface area contributed by atoms with E-state index in [0.717, 1.165) is 17.1 Å². The number of fused-ring (bicyclic) bond motifs is 1. The van der Waals surface area contributed by atoms with Gasteiger partial charge in [0.05, 0.1) is 31.6 Å². The van der Waals surface area contributed by atoms with Crippen LogP contribution in [0.25, 0.3) is 0 Å². The number of nitrogens with one attached hydrogen (secondary N) is 1. The first-order valence-electron chi connectivity index (χ1n) is 8.84. The third-order valence-electron chi connectivity index (χ3n) is 4.56. The Balaban J connectivity index is 1.43. The van der Waals surface area contributed by atoms with Gasteiger partial charge in [0.2, 0.25) is 5.91 Å². The number of hydrogen-bond acceptors (Lipinski definition) is 4. The predicted molar refractivity (Wildman–Crippen MR) is 99.1 cm³/mol. The molecule has 0 atom stereocenters. The number of amides is 2. The van der Waals surface area contributed by atoms with Gasteiger partial charge in [0, 0.05) is 18.1 Å². The highest BCUT2D eigenvalue weighted by Gasteiger charge is 2.25. The predicted octanol–water partition coefficient (Wildman–Crippen LogP) is 2.65. The average Bonchev–Trinajstić information content (AvgIpc) is 3.31. The van der Waals surface area contributed by atoms with Crippen LogP contribution in [0.3, 0.4) is 0 Å². The number of anilines is 1. The van der Waals surface area contributed by atoms with Crippen molar-refractivity contribution in [2.75, 3.05) is 4.90 Å². The molecule has 1 aliphatic rings. The lowest BCUT2D eigenvalue weighted by Crippen LogP contribution is -2.36. The average molecular weight is 364 g/mol. The number of benzene rings is 1. The van der Waals surface area contributed by atoms with Crippen LogP contribution in [0.5, 0.6) is 0 Å². The molecule has 138 valence electrons. The number of furan rings is 1. The summed E-state index contributed by atoms with van der Waals surface area (Å²) < 4.78 is 7.07. The second-order valence-electron chi connectivity index (χ2n) is 6.56. The summed E-state index contributed by atoms with van der Waals surface area (Å²) in [6.07, 6.45) is 2.02. The molecule has 3 heterocycles. The number of rotatable bonds is 5.